The van der Waals surface area contributed by atoms with Crippen molar-refractivity contribution in [3.8, 4) is 5.75 Å². The van der Waals surface area contributed by atoms with Gasteiger partial charge in [-0.25, -0.2) is 0 Å². The molecule has 0 N–H and O–H groups in total. The van der Waals surface area contributed by atoms with E-state index in [1.54, 1.807) is 7.11 Å². The molecule has 108 valence electrons. The number of carbonyl (C=O) groups excluding carboxylic acids is 1. The predicted octanol–water partition coefficient (Wildman–Crippen LogP) is 3.67. The minimum absolute atomic E-state index is 0.0544. The van der Waals surface area contributed by atoms with Crippen LogP contribution in [0.15, 0.2) is 54.6 Å². The lowest BCUT2D eigenvalue weighted by molar-refractivity contribution is 0.0732. The fourth-order valence-electron chi connectivity index (χ4n) is 3.01. The van der Waals surface area contributed by atoms with Crippen molar-refractivity contribution in [1.29, 1.82) is 0 Å². The quantitative estimate of drug-likeness (QED) is 0.859. The molecule has 3 heteroatoms. The molecule has 21 heavy (non-hydrogen) atoms. The highest BCUT2D eigenvalue weighted by atomic mass is 16.5. The second-order valence-corrected chi connectivity index (χ2v) is 5.27. The smallest absolute Gasteiger partial charge is 0.258 e. The van der Waals surface area contributed by atoms with E-state index in [0.717, 1.165) is 19.4 Å². The van der Waals surface area contributed by atoms with Gasteiger partial charge in [-0.15, -0.1) is 0 Å². The zero-order chi connectivity index (χ0) is 14.7. The van der Waals surface area contributed by atoms with Crippen LogP contribution in [0.3, 0.4) is 0 Å². The van der Waals surface area contributed by atoms with Gasteiger partial charge in [-0.1, -0.05) is 42.5 Å². The summed E-state index contributed by atoms with van der Waals surface area (Å²) in [5.41, 5.74) is 1.85. The number of carbonyl (C=O) groups is 1. The number of likely N-dealkylation sites (tertiary alicyclic amines) is 1. The molecular weight excluding hydrogens is 262 g/mol. The molecule has 3 nitrogen and oxygen atoms in total. The maximum absolute atomic E-state index is 12.9. The van der Waals surface area contributed by atoms with Crippen molar-refractivity contribution >= 4 is 5.91 Å². The molecule has 1 saturated heterocycles. The fourth-order valence-corrected chi connectivity index (χ4v) is 3.01. The first-order valence-electron chi connectivity index (χ1n) is 7.30. The molecule has 1 unspecified atom stereocenters. The molecule has 0 bridgehead atoms. The van der Waals surface area contributed by atoms with Crippen LogP contribution in [0, 0.1) is 0 Å². The molecule has 0 saturated carbocycles. The molecule has 0 aromatic heterocycles. The normalized spacial score (nSPS) is 17.8. The van der Waals surface area contributed by atoms with Crippen LogP contribution >= 0.6 is 0 Å². The molecule has 0 radical (unpaired) electrons. The topological polar surface area (TPSA) is 29.5 Å². The maximum Gasteiger partial charge on any atom is 0.258 e. The van der Waals surface area contributed by atoms with Crippen LogP contribution in [0.4, 0.5) is 0 Å². The Morgan fingerprint density at radius 3 is 2.57 bits per heavy atom. The Morgan fingerprint density at radius 1 is 1.10 bits per heavy atom. The first-order chi connectivity index (χ1) is 10.3. The molecule has 3 rings (SSSR count). The number of benzene rings is 2. The van der Waals surface area contributed by atoms with Gasteiger partial charge in [0.1, 0.15) is 5.75 Å². The van der Waals surface area contributed by atoms with Crippen LogP contribution in [-0.4, -0.2) is 24.5 Å². The summed E-state index contributed by atoms with van der Waals surface area (Å²) in [6.07, 6.45) is 2.06. The molecule has 0 aliphatic carbocycles. The third-order valence-corrected chi connectivity index (χ3v) is 4.04. The van der Waals surface area contributed by atoms with E-state index in [-0.39, 0.29) is 11.9 Å². The summed E-state index contributed by atoms with van der Waals surface area (Å²) in [7, 11) is 1.60. The Morgan fingerprint density at radius 2 is 1.81 bits per heavy atom. The molecule has 2 aromatic rings. The van der Waals surface area contributed by atoms with E-state index in [4.69, 9.17) is 4.74 Å². The third-order valence-electron chi connectivity index (χ3n) is 4.04. The van der Waals surface area contributed by atoms with E-state index in [1.807, 2.05) is 47.4 Å². The summed E-state index contributed by atoms with van der Waals surface area (Å²) in [4.78, 5) is 14.8. The van der Waals surface area contributed by atoms with Gasteiger partial charge in [0.2, 0.25) is 0 Å². The summed E-state index contributed by atoms with van der Waals surface area (Å²) in [6, 6.07) is 17.9. The van der Waals surface area contributed by atoms with Crippen LogP contribution in [-0.2, 0) is 0 Å². The van der Waals surface area contributed by atoms with Gasteiger partial charge in [-0.05, 0) is 30.5 Å². The molecule has 1 aliphatic heterocycles. The van der Waals surface area contributed by atoms with Crippen molar-refractivity contribution < 1.29 is 9.53 Å². The van der Waals surface area contributed by atoms with E-state index in [0.29, 0.717) is 11.3 Å². The van der Waals surface area contributed by atoms with Crippen molar-refractivity contribution in [1.82, 2.24) is 4.90 Å². The SMILES string of the molecule is COc1ccccc1C(=O)N1CCCC1c1ccccc1. The average molecular weight is 281 g/mol. The first-order valence-corrected chi connectivity index (χ1v) is 7.30. The number of methoxy groups -OCH3 is 1. The predicted molar refractivity (Wildman–Crippen MR) is 82.4 cm³/mol. The van der Waals surface area contributed by atoms with E-state index >= 15 is 0 Å². The van der Waals surface area contributed by atoms with Gasteiger partial charge < -0.3 is 9.64 Å². The van der Waals surface area contributed by atoms with Crippen molar-refractivity contribution in [2.45, 2.75) is 18.9 Å². The highest BCUT2D eigenvalue weighted by molar-refractivity contribution is 5.97. The second-order valence-electron chi connectivity index (χ2n) is 5.27. The Bertz CT molecular complexity index is 624. The lowest BCUT2D eigenvalue weighted by Gasteiger charge is -2.25. The van der Waals surface area contributed by atoms with Gasteiger partial charge in [0.25, 0.3) is 5.91 Å². The number of amides is 1. The Labute approximate surface area is 125 Å². The van der Waals surface area contributed by atoms with Crippen molar-refractivity contribution in [2.24, 2.45) is 0 Å². The highest BCUT2D eigenvalue weighted by Crippen LogP contribution is 2.34. The number of ether oxygens (including phenoxy) is 1. The lowest BCUT2D eigenvalue weighted by atomic mass is 10.0. The van der Waals surface area contributed by atoms with E-state index < -0.39 is 0 Å². The minimum Gasteiger partial charge on any atom is -0.496 e. The molecule has 0 spiro atoms. The van der Waals surface area contributed by atoms with Gasteiger partial charge >= 0.3 is 0 Å². The maximum atomic E-state index is 12.9. The third kappa shape index (κ3) is 2.64. The Kier molecular flexibility index (Phi) is 3.91. The van der Waals surface area contributed by atoms with E-state index in [1.165, 1.54) is 5.56 Å². The first kappa shape index (κ1) is 13.7. The van der Waals surface area contributed by atoms with Crippen LogP contribution in [0.5, 0.6) is 5.75 Å². The van der Waals surface area contributed by atoms with Gasteiger partial charge in [0.15, 0.2) is 0 Å². The molecule has 1 heterocycles. The highest BCUT2D eigenvalue weighted by Gasteiger charge is 2.31. The second kappa shape index (κ2) is 6.00. The van der Waals surface area contributed by atoms with Crippen molar-refractivity contribution in [2.75, 3.05) is 13.7 Å². The summed E-state index contributed by atoms with van der Waals surface area (Å²) in [5, 5.41) is 0. The van der Waals surface area contributed by atoms with Crippen molar-refractivity contribution in [3.63, 3.8) is 0 Å². The number of hydrogen-bond donors (Lipinski definition) is 0. The zero-order valence-corrected chi connectivity index (χ0v) is 12.2. The van der Waals surface area contributed by atoms with E-state index in [2.05, 4.69) is 12.1 Å². The van der Waals surface area contributed by atoms with Crippen LogP contribution in [0.2, 0.25) is 0 Å². The van der Waals surface area contributed by atoms with Gasteiger partial charge in [-0.2, -0.15) is 0 Å². The molecular formula is C18H19NO2. The molecule has 1 fully saturated rings. The number of rotatable bonds is 3. The summed E-state index contributed by atoms with van der Waals surface area (Å²) in [6.45, 7) is 0.802. The van der Waals surface area contributed by atoms with Crippen LogP contribution in [0.25, 0.3) is 0 Å². The molecule has 1 aliphatic rings. The zero-order valence-electron chi connectivity index (χ0n) is 12.2. The monoisotopic (exact) mass is 281 g/mol. The fraction of sp³-hybridized carbons (Fsp3) is 0.278. The Balaban J connectivity index is 1.90. The summed E-state index contributed by atoms with van der Waals surface area (Å²) < 4.78 is 5.32. The van der Waals surface area contributed by atoms with Crippen LogP contribution < -0.4 is 4.74 Å². The number of hydrogen-bond acceptors (Lipinski definition) is 2. The molecule has 1 amide bonds. The Hall–Kier alpha value is -2.29. The minimum atomic E-state index is 0.0544. The molecule has 1 atom stereocenters. The summed E-state index contributed by atoms with van der Waals surface area (Å²) in [5.74, 6) is 0.694. The summed E-state index contributed by atoms with van der Waals surface area (Å²) >= 11 is 0. The van der Waals surface area contributed by atoms with Gasteiger partial charge in [0.05, 0.1) is 18.7 Å². The lowest BCUT2D eigenvalue weighted by Crippen LogP contribution is -2.30. The largest absolute Gasteiger partial charge is 0.496 e. The molecule has 2 aromatic carbocycles. The van der Waals surface area contributed by atoms with Gasteiger partial charge in [-0.3, -0.25) is 4.79 Å². The van der Waals surface area contributed by atoms with Gasteiger partial charge in [0, 0.05) is 6.54 Å². The standard InChI is InChI=1S/C18H19NO2/c1-21-17-12-6-5-10-15(17)18(20)19-13-7-11-16(19)14-8-3-2-4-9-14/h2-6,8-10,12,16H,7,11,13H2,1H3. The average Bonchev–Trinajstić information content (AvgIpc) is 3.04. The van der Waals surface area contributed by atoms with Crippen LogP contribution in [0.1, 0.15) is 34.8 Å². The number of para-hydroxylation sites is 1. The van der Waals surface area contributed by atoms with Crippen molar-refractivity contribution in [3.05, 3.63) is 65.7 Å². The number of nitrogens with zero attached hydrogens (tertiary/aromatic N) is 1. The van der Waals surface area contributed by atoms with E-state index in [9.17, 15) is 4.79 Å².